The maximum atomic E-state index is 12.2. The maximum absolute atomic E-state index is 12.2. The SMILES string of the molecule is CC(C)n1cnc(S(=O)(=O)NC(=O)[n+]2ccc(N(C)C)cc2)c1. The van der Waals surface area contributed by atoms with Crippen LogP contribution in [0, 0.1) is 0 Å². The van der Waals surface area contributed by atoms with Crippen molar-refractivity contribution in [3.05, 3.63) is 37.1 Å². The topological polar surface area (TPSA) is 88.2 Å². The minimum atomic E-state index is -4.01. The molecule has 1 amide bonds. The van der Waals surface area contributed by atoms with Gasteiger partial charge in [-0.2, -0.15) is 17.8 Å². The van der Waals surface area contributed by atoms with Crippen molar-refractivity contribution in [2.75, 3.05) is 19.0 Å². The van der Waals surface area contributed by atoms with E-state index in [0.29, 0.717) is 0 Å². The lowest BCUT2D eigenvalue weighted by molar-refractivity contribution is -0.570. The third-order valence-electron chi connectivity index (χ3n) is 3.23. The van der Waals surface area contributed by atoms with Crippen LogP contribution in [0.5, 0.6) is 0 Å². The Labute approximate surface area is 135 Å². The van der Waals surface area contributed by atoms with Gasteiger partial charge in [-0.15, -0.1) is 4.72 Å². The summed E-state index contributed by atoms with van der Waals surface area (Å²) in [5.41, 5.74) is 0.896. The van der Waals surface area contributed by atoms with E-state index in [4.69, 9.17) is 0 Å². The average molecular weight is 338 g/mol. The van der Waals surface area contributed by atoms with Crippen LogP contribution in [-0.4, -0.2) is 38.1 Å². The Hall–Kier alpha value is -2.42. The molecule has 8 nitrogen and oxygen atoms in total. The van der Waals surface area contributed by atoms with Gasteiger partial charge in [0, 0.05) is 44.2 Å². The fourth-order valence-electron chi connectivity index (χ4n) is 1.81. The van der Waals surface area contributed by atoms with E-state index >= 15 is 0 Å². The average Bonchev–Trinajstić information content (AvgIpc) is 2.97. The van der Waals surface area contributed by atoms with Crippen molar-refractivity contribution in [2.45, 2.75) is 24.9 Å². The van der Waals surface area contributed by atoms with Crippen molar-refractivity contribution >= 4 is 21.7 Å². The summed E-state index contributed by atoms with van der Waals surface area (Å²) in [5.74, 6) is 0. The number of pyridine rings is 1. The molecule has 2 aromatic rings. The fraction of sp³-hybridized carbons (Fsp3) is 0.357. The van der Waals surface area contributed by atoms with Gasteiger partial charge in [0.15, 0.2) is 0 Å². The summed E-state index contributed by atoms with van der Waals surface area (Å²) in [5, 5.41) is -0.190. The van der Waals surface area contributed by atoms with E-state index in [9.17, 15) is 13.2 Å². The summed E-state index contributed by atoms with van der Waals surface area (Å²) in [4.78, 5) is 17.8. The number of rotatable bonds is 4. The summed E-state index contributed by atoms with van der Waals surface area (Å²) in [7, 11) is -0.269. The highest BCUT2D eigenvalue weighted by Gasteiger charge is 2.28. The van der Waals surface area contributed by atoms with E-state index in [2.05, 4.69) is 4.98 Å². The molecule has 0 aliphatic carbocycles. The van der Waals surface area contributed by atoms with E-state index in [1.54, 1.807) is 16.7 Å². The van der Waals surface area contributed by atoms with Gasteiger partial charge < -0.3 is 9.47 Å². The van der Waals surface area contributed by atoms with Gasteiger partial charge in [0.25, 0.3) is 0 Å². The number of nitrogens with one attached hydrogen (secondary N) is 1. The van der Waals surface area contributed by atoms with E-state index < -0.39 is 16.1 Å². The first-order valence-corrected chi connectivity index (χ1v) is 8.48. The molecule has 0 radical (unpaired) electrons. The number of imidazole rings is 1. The molecule has 0 spiro atoms. The lowest BCUT2D eigenvalue weighted by Crippen LogP contribution is -2.51. The molecule has 0 aliphatic heterocycles. The molecular weight excluding hydrogens is 318 g/mol. The molecule has 0 saturated heterocycles. The van der Waals surface area contributed by atoms with Crippen LogP contribution < -0.4 is 14.2 Å². The van der Waals surface area contributed by atoms with Crippen LogP contribution >= 0.6 is 0 Å². The number of carbonyl (C=O) groups excluding carboxylic acids is 1. The Morgan fingerprint density at radius 1 is 1.30 bits per heavy atom. The van der Waals surface area contributed by atoms with Crippen LogP contribution in [-0.2, 0) is 10.0 Å². The minimum Gasteiger partial charge on any atom is -0.377 e. The molecule has 0 saturated carbocycles. The molecule has 0 aromatic carbocycles. The first kappa shape index (κ1) is 16.9. The van der Waals surface area contributed by atoms with Crippen LogP contribution in [0.1, 0.15) is 19.9 Å². The number of amides is 1. The first-order valence-electron chi connectivity index (χ1n) is 7.00. The molecular formula is C14H20N5O3S+. The van der Waals surface area contributed by atoms with Gasteiger partial charge in [0.1, 0.15) is 12.4 Å². The molecule has 2 aromatic heterocycles. The molecule has 9 heteroatoms. The van der Waals surface area contributed by atoms with Gasteiger partial charge in [-0.1, -0.05) is 0 Å². The van der Waals surface area contributed by atoms with Gasteiger partial charge in [-0.3, -0.25) is 0 Å². The fourth-order valence-corrected chi connectivity index (χ4v) is 2.70. The molecule has 124 valence electrons. The van der Waals surface area contributed by atoms with Crippen molar-refractivity contribution in [3.8, 4) is 0 Å². The van der Waals surface area contributed by atoms with Crippen LogP contribution in [0.15, 0.2) is 42.1 Å². The Morgan fingerprint density at radius 3 is 2.39 bits per heavy atom. The lowest BCUT2D eigenvalue weighted by Gasteiger charge is -2.10. The minimum absolute atomic E-state index is 0.0788. The number of nitrogens with zero attached hydrogens (tertiary/aromatic N) is 4. The molecule has 0 bridgehead atoms. The van der Waals surface area contributed by atoms with Gasteiger partial charge in [0.2, 0.25) is 5.03 Å². The van der Waals surface area contributed by atoms with Crippen molar-refractivity contribution in [1.82, 2.24) is 14.3 Å². The highest BCUT2D eigenvalue weighted by atomic mass is 32.2. The highest BCUT2D eigenvalue weighted by Crippen LogP contribution is 2.10. The molecule has 0 aliphatic rings. The predicted octanol–water partition coefficient (Wildman–Crippen LogP) is 0.764. The number of sulfonamides is 1. The van der Waals surface area contributed by atoms with Gasteiger partial charge in [-0.25, -0.2) is 4.98 Å². The van der Waals surface area contributed by atoms with E-state index in [1.807, 2.05) is 37.6 Å². The molecule has 0 atom stereocenters. The zero-order valence-corrected chi connectivity index (χ0v) is 14.3. The van der Waals surface area contributed by atoms with E-state index in [-0.39, 0.29) is 11.1 Å². The van der Waals surface area contributed by atoms with E-state index in [0.717, 1.165) is 10.3 Å². The number of aromatic nitrogens is 3. The standard InChI is InChI=1S/C14H19N5O3S/c1-11(2)19-9-13(15-10-19)23(21,22)16-14(20)18-7-5-12(6-8-18)17(3)4/h5-11H,1-4H3/p+1. The second-order valence-corrected chi connectivity index (χ2v) is 7.15. The smallest absolute Gasteiger partial charge is 0.377 e. The molecule has 23 heavy (non-hydrogen) atoms. The molecule has 0 fully saturated rings. The lowest BCUT2D eigenvalue weighted by atomic mass is 10.4. The van der Waals surface area contributed by atoms with Gasteiger partial charge >= 0.3 is 16.1 Å². The van der Waals surface area contributed by atoms with Gasteiger partial charge in [-0.05, 0) is 13.8 Å². The highest BCUT2D eigenvalue weighted by molar-refractivity contribution is 7.90. The summed E-state index contributed by atoms with van der Waals surface area (Å²) in [6.07, 6.45) is 5.79. The summed E-state index contributed by atoms with van der Waals surface area (Å²) >= 11 is 0. The Bertz CT molecular complexity index is 794. The Morgan fingerprint density at radius 2 is 1.91 bits per heavy atom. The van der Waals surface area contributed by atoms with Crippen molar-refractivity contribution in [3.63, 3.8) is 0 Å². The summed E-state index contributed by atoms with van der Waals surface area (Å²) < 4.78 is 29.2. The third-order valence-corrected chi connectivity index (χ3v) is 4.44. The predicted molar refractivity (Wildman–Crippen MR) is 84.7 cm³/mol. The third kappa shape index (κ3) is 3.86. The van der Waals surface area contributed by atoms with Crippen molar-refractivity contribution in [2.24, 2.45) is 0 Å². The van der Waals surface area contributed by atoms with Crippen LogP contribution in [0.4, 0.5) is 10.5 Å². The number of anilines is 1. The van der Waals surface area contributed by atoms with Crippen LogP contribution in [0.2, 0.25) is 0 Å². The quantitative estimate of drug-likeness (QED) is 0.832. The van der Waals surface area contributed by atoms with Crippen LogP contribution in [0.25, 0.3) is 0 Å². The molecule has 2 rings (SSSR count). The van der Waals surface area contributed by atoms with Crippen LogP contribution in [0.3, 0.4) is 0 Å². The second kappa shape index (κ2) is 6.37. The summed E-state index contributed by atoms with van der Waals surface area (Å²) in [6.45, 7) is 3.80. The Balaban J connectivity index is 2.17. The van der Waals surface area contributed by atoms with Gasteiger partial charge in [0.05, 0.1) is 6.33 Å². The monoisotopic (exact) mass is 338 g/mol. The van der Waals surface area contributed by atoms with E-state index in [1.165, 1.54) is 24.9 Å². The maximum Gasteiger partial charge on any atom is 0.511 e. The molecule has 1 N–H and O–H groups in total. The second-order valence-electron chi connectivity index (χ2n) is 5.52. The number of hydrogen-bond acceptors (Lipinski definition) is 5. The van der Waals surface area contributed by atoms with Crippen molar-refractivity contribution < 1.29 is 17.8 Å². The largest absolute Gasteiger partial charge is 0.511 e. The zero-order valence-electron chi connectivity index (χ0n) is 13.5. The summed E-state index contributed by atoms with van der Waals surface area (Å²) in [6, 6.07) is 2.73. The normalized spacial score (nSPS) is 11.5. The number of carbonyl (C=O) groups is 1. The first-order chi connectivity index (χ1) is 10.7. The molecule has 0 unspecified atom stereocenters. The molecule has 2 heterocycles. The zero-order chi connectivity index (χ0) is 17.2. The Kier molecular flexibility index (Phi) is 4.69. The number of hydrogen-bond donors (Lipinski definition) is 1. The van der Waals surface area contributed by atoms with Crippen molar-refractivity contribution in [1.29, 1.82) is 0 Å².